The van der Waals surface area contributed by atoms with E-state index in [2.05, 4.69) is 5.32 Å². The van der Waals surface area contributed by atoms with E-state index in [-0.39, 0.29) is 5.02 Å². The summed E-state index contributed by atoms with van der Waals surface area (Å²) in [6.07, 6.45) is -6.00. The molecule has 1 N–H and O–H groups in total. The number of ether oxygens (including phenoxy) is 1. The van der Waals surface area contributed by atoms with E-state index < -0.39 is 35.4 Å². The highest BCUT2D eigenvalue weighted by Crippen LogP contribution is 2.36. The molecule has 2 aromatic carbocycles. The Morgan fingerprint density at radius 1 is 1.14 bits per heavy atom. The van der Waals surface area contributed by atoms with E-state index in [0.717, 1.165) is 16.2 Å². The molecule has 1 aromatic heterocycles. The van der Waals surface area contributed by atoms with Crippen LogP contribution < -0.4 is 5.32 Å². The first-order valence-electron chi connectivity index (χ1n) is 8.02. The second-order valence-electron chi connectivity index (χ2n) is 5.87. The van der Waals surface area contributed by atoms with E-state index in [1.54, 1.807) is 6.07 Å². The molecular formula is C19H13ClF3NO3S. The van der Waals surface area contributed by atoms with Crippen molar-refractivity contribution in [1.82, 2.24) is 0 Å². The number of carbonyl (C=O) groups excluding carboxylic acids is 2. The van der Waals surface area contributed by atoms with Crippen LogP contribution in [0, 0.1) is 0 Å². The molecule has 0 spiro atoms. The summed E-state index contributed by atoms with van der Waals surface area (Å²) in [7, 11) is 0. The second-order valence-corrected chi connectivity index (χ2v) is 7.39. The average molecular weight is 428 g/mol. The summed E-state index contributed by atoms with van der Waals surface area (Å²) in [5.41, 5.74) is -1.55. The number of anilines is 1. The van der Waals surface area contributed by atoms with E-state index in [1.807, 2.05) is 24.3 Å². The smallest absolute Gasteiger partial charge is 0.418 e. The monoisotopic (exact) mass is 427 g/mol. The highest BCUT2D eigenvalue weighted by atomic mass is 35.5. The van der Waals surface area contributed by atoms with E-state index >= 15 is 0 Å². The minimum atomic E-state index is -4.70. The summed E-state index contributed by atoms with van der Waals surface area (Å²) in [5, 5.41) is 2.87. The Bertz CT molecular complexity index is 1020. The summed E-state index contributed by atoms with van der Waals surface area (Å²) in [6.45, 7) is 1.28. The molecule has 4 nitrogen and oxygen atoms in total. The molecule has 28 heavy (non-hydrogen) atoms. The molecule has 0 bridgehead atoms. The van der Waals surface area contributed by atoms with Crippen LogP contribution in [-0.4, -0.2) is 18.0 Å². The number of hydrogen-bond donors (Lipinski definition) is 1. The predicted octanol–water partition coefficient (Wildman–Crippen LogP) is 5.76. The van der Waals surface area contributed by atoms with Crippen molar-refractivity contribution in [3.8, 4) is 0 Å². The number of halogens is 4. The minimum Gasteiger partial charge on any atom is -0.448 e. The number of hydrogen-bond acceptors (Lipinski definition) is 4. The van der Waals surface area contributed by atoms with Gasteiger partial charge in [-0.15, -0.1) is 11.3 Å². The molecule has 0 aliphatic rings. The summed E-state index contributed by atoms with van der Waals surface area (Å²) in [4.78, 5) is 24.8. The predicted molar refractivity (Wildman–Crippen MR) is 102 cm³/mol. The highest BCUT2D eigenvalue weighted by molar-refractivity contribution is 7.20. The van der Waals surface area contributed by atoms with E-state index in [9.17, 15) is 22.8 Å². The normalized spacial score (nSPS) is 12.6. The maximum atomic E-state index is 13.1. The number of fused-ring (bicyclic) bond motifs is 1. The van der Waals surface area contributed by atoms with Crippen LogP contribution >= 0.6 is 22.9 Å². The molecule has 0 saturated carbocycles. The van der Waals surface area contributed by atoms with E-state index in [0.29, 0.717) is 10.9 Å². The minimum absolute atomic E-state index is 0.116. The number of carbonyl (C=O) groups is 2. The summed E-state index contributed by atoms with van der Waals surface area (Å²) >= 11 is 6.81. The van der Waals surface area contributed by atoms with Gasteiger partial charge in [0.15, 0.2) is 6.10 Å². The molecule has 1 heterocycles. The number of rotatable bonds is 4. The Kier molecular flexibility index (Phi) is 5.62. The van der Waals surface area contributed by atoms with Crippen molar-refractivity contribution in [2.75, 3.05) is 5.32 Å². The molecule has 9 heteroatoms. The highest BCUT2D eigenvalue weighted by Gasteiger charge is 2.34. The lowest BCUT2D eigenvalue weighted by Gasteiger charge is -2.17. The molecule has 146 valence electrons. The number of alkyl halides is 3. The summed E-state index contributed by atoms with van der Waals surface area (Å²) in [5.74, 6) is -1.61. The third-order valence-corrected chi connectivity index (χ3v) is 5.16. The molecule has 3 aromatic rings. The molecule has 0 saturated heterocycles. The Hall–Kier alpha value is -2.58. The lowest BCUT2D eigenvalue weighted by atomic mass is 10.1. The van der Waals surface area contributed by atoms with Crippen LogP contribution in [0.2, 0.25) is 5.02 Å². The van der Waals surface area contributed by atoms with Crippen molar-refractivity contribution in [2.45, 2.75) is 19.2 Å². The molecular weight excluding hydrogens is 415 g/mol. The zero-order valence-electron chi connectivity index (χ0n) is 14.3. The van der Waals surface area contributed by atoms with Gasteiger partial charge in [0.2, 0.25) is 0 Å². The number of amides is 1. The number of benzene rings is 2. The standard InChI is InChI=1S/C19H13ClF3NO3S/c1-10(27-18(26)16-8-11-4-2-3-5-15(11)28-16)17(25)24-14-7-6-12(20)9-13(14)19(21,22)23/h2-10H,1H3,(H,24,25). The molecule has 0 radical (unpaired) electrons. The molecule has 1 unspecified atom stereocenters. The molecule has 0 aliphatic heterocycles. The van der Waals surface area contributed by atoms with Crippen molar-refractivity contribution in [2.24, 2.45) is 0 Å². The fourth-order valence-electron chi connectivity index (χ4n) is 2.45. The Morgan fingerprint density at radius 3 is 2.54 bits per heavy atom. The van der Waals surface area contributed by atoms with Crippen LogP contribution in [0.15, 0.2) is 48.5 Å². The Labute approximate surface area is 166 Å². The van der Waals surface area contributed by atoms with Gasteiger partial charge in [-0.05, 0) is 42.6 Å². The van der Waals surface area contributed by atoms with Crippen molar-refractivity contribution in [1.29, 1.82) is 0 Å². The van der Waals surface area contributed by atoms with Crippen LogP contribution in [0.4, 0.5) is 18.9 Å². The van der Waals surface area contributed by atoms with Gasteiger partial charge in [0.1, 0.15) is 4.88 Å². The Balaban J connectivity index is 1.72. The van der Waals surface area contributed by atoms with Crippen molar-refractivity contribution in [3.05, 3.63) is 64.0 Å². The molecule has 3 rings (SSSR count). The van der Waals surface area contributed by atoms with Gasteiger partial charge in [-0.3, -0.25) is 4.79 Å². The molecule has 0 fully saturated rings. The summed E-state index contributed by atoms with van der Waals surface area (Å²) in [6, 6.07) is 11.9. The fourth-order valence-corrected chi connectivity index (χ4v) is 3.57. The number of nitrogens with one attached hydrogen (secondary N) is 1. The maximum Gasteiger partial charge on any atom is 0.418 e. The van der Waals surface area contributed by atoms with Crippen molar-refractivity contribution < 1.29 is 27.5 Å². The van der Waals surface area contributed by atoms with Gasteiger partial charge >= 0.3 is 12.1 Å². The lowest BCUT2D eigenvalue weighted by Crippen LogP contribution is -2.30. The lowest BCUT2D eigenvalue weighted by molar-refractivity contribution is -0.137. The molecule has 1 atom stereocenters. The van der Waals surface area contributed by atoms with E-state index in [1.165, 1.54) is 24.3 Å². The SMILES string of the molecule is CC(OC(=O)c1cc2ccccc2s1)C(=O)Nc1ccc(Cl)cc1C(F)(F)F. The first-order valence-corrected chi connectivity index (χ1v) is 9.22. The first-order chi connectivity index (χ1) is 13.1. The second kappa shape index (κ2) is 7.81. The van der Waals surface area contributed by atoms with Gasteiger partial charge in [-0.1, -0.05) is 29.8 Å². The third-order valence-electron chi connectivity index (χ3n) is 3.82. The molecule has 1 amide bonds. The van der Waals surface area contributed by atoms with Crippen molar-refractivity contribution >= 4 is 50.6 Å². The third kappa shape index (κ3) is 4.45. The number of thiophene rings is 1. The van der Waals surface area contributed by atoms with Crippen LogP contribution in [0.1, 0.15) is 22.2 Å². The van der Waals surface area contributed by atoms with Crippen LogP contribution in [0.5, 0.6) is 0 Å². The van der Waals surface area contributed by atoms with Crippen LogP contribution in [0.3, 0.4) is 0 Å². The topological polar surface area (TPSA) is 55.4 Å². The quantitative estimate of drug-likeness (QED) is 0.539. The number of esters is 1. The largest absolute Gasteiger partial charge is 0.448 e. The first kappa shape index (κ1) is 20.2. The Morgan fingerprint density at radius 2 is 1.86 bits per heavy atom. The zero-order chi connectivity index (χ0) is 20.5. The van der Waals surface area contributed by atoms with Crippen molar-refractivity contribution in [3.63, 3.8) is 0 Å². The van der Waals surface area contributed by atoms with Crippen LogP contribution in [0.25, 0.3) is 10.1 Å². The van der Waals surface area contributed by atoms with Crippen LogP contribution in [-0.2, 0) is 15.7 Å². The van der Waals surface area contributed by atoms with Gasteiger partial charge < -0.3 is 10.1 Å². The zero-order valence-corrected chi connectivity index (χ0v) is 15.9. The van der Waals surface area contributed by atoms with Gasteiger partial charge in [0.25, 0.3) is 5.91 Å². The average Bonchev–Trinajstić information content (AvgIpc) is 3.06. The summed E-state index contributed by atoms with van der Waals surface area (Å²) < 4.78 is 45.3. The van der Waals surface area contributed by atoms with Gasteiger partial charge in [0.05, 0.1) is 11.3 Å². The van der Waals surface area contributed by atoms with Gasteiger partial charge in [-0.2, -0.15) is 13.2 Å². The van der Waals surface area contributed by atoms with Gasteiger partial charge in [-0.25, -0.2) is 4.79 Å². The van der Waals surface area contributed by atoms with E-state index in [4.69, 9.17) is 16.3 Å². The fraction of sp³-hybridized carbons (Fsp3) is 0.158. The maximum absolute atomic E-state index is 13.1. The van der Waals surface area contributed by atoms with Gasteiger partial charge in [0, 0.05) is 9.72 Å². The molecule has 0 aliphatic carbocycles.